The molecule has 4 heteroatoms. The van der Waals surface area contributed by atoms with Gasteiger partial charge in [-0.1, -0.05) is 52.0 Å². The molecule has 0 aromatic rings. The minimum absolute atomic E-state index is 0. The lowest BCUT2D eigenvalue weighted by atomic mass is 10.1. The van der Waals surface area contributed by atoms with Crippen LogP contribution >= 0.6 is 0 Å². The van der Waals surface area contributed by atoms with Crippen molar-refractivity contribution in [2.75, 3.05) is 33.8 Å². The van der Waals surface area contributed by atoms with Gasteiger partial charge < -0.3 is 26.2 Å². The molecule has 0 aliphatic rings. The largest absolute Gasteiger partial charge is 1.00 e. The molecule has 126 valence electrons. The van der Waals surface area contributed by atoms with Crippen LogP contribution in [0.4, 0.5) is 0 Å². The molecule has 0 atom stereocenters. The predicted octanol–water partition coefficient (Wildman–Crippen LogP) is 0.937. The van der Waals surface area contributed by atoms with E-state index >= 15 is 0 Å². The Labute approximate surface area is 142 Å². The molecule has 0 saturated carbocycles. The van der Waals surface area contributed by atoms with Crippen LogP contribution in [0, 0.1) is 0 Å². The predicted molar refractivity (Wildman–Crippen MR) is 85.6 cm³/mol. The Balaban J connectivity index is 0. The van der Waals surface area contributed by atoms with Crippen LogP contribution in [-0.4, -0.2) is 44.2 Å². The molecule has 0 bridgehead atoms. The molecule has 0 radical (unpaired) electrons. The molecular formula is C17H34BrNO2. The number of carbonyl (C=O) groups excluding carboxylic acids is 1. The number of esters is 1. The van der Waals surface area contributed by atoms with Crippen molar-refractivity contribution in [3.63, 3.8) is 0 Å². The molecule has 0 heterocycles. The standard InChI is InChI=1S/C17H34NO2.BrH/c1-5-7-8-9-10-11-12-13-14-18(3,4)15-16-20-17(19)6-2;/h6H,2,5,7-16H2,1,3-4H3;1H/q+1;/p-1. The molecule has 0 amide bonds. The fraction of sp³-hybridized carbons (Fsp3) is 0.824. The van der Waals surface area contributed by atoms with E-state index in [1.54, 1.807) is 0 Å². The highest BCUT2D eigenvalue weighted by atomic mass is 79.9. The molecule has 0 N–H and O–H groups in total. The van der Waals surface area contributed by atoms with Gasteiger partial charge in [-0.3, -0.25) is 0 Å². The number of likely N-dealkylation sites (N-methyl/N-ethyl adjacent to an activating group) is 1. The highest BCUT2D eigenvalue weighted by Crippen LogP contribution is 2.10. The van der Waals surface area contributed by atoms with E-state index in [9.17, 15) is 4.79 Å². The zero-order chi connectivity index (χ0) is 15.3. The summed E-state index contributed by atoms with van der Waals surface area (Å²) < 4.78 is 5.95. The number of ether oxygens (including phenoxy) is 1. The van der Waals surface area contributed by atoms with E-state index in [-0.39, 0.29) is 23.0 Å². The second kappa shape index (κ2) is 14.6. The third-order valence-electron chi connectivity index (χ3n) is 3.72. The normalized spacial score (nSPS) is 10.8. The first-order chi connectivity index (χ1) is 9.52. The van der Waals surface area contributed by atoms with Gasteiger partial charge in [-0.2, -0.15) is 0 Å². The van der Waals surface area contributed by atoms with E-state index in [1.807, 2.05) is 0 Å². The Kier molecular flexibility index (Phi) is 15.9. The van der Waals surface area contributed by atoms with Crippen LogP contribution in [0.25, 0.3) is 0 Å². The Bertz CT molecular complexity index is 268. The topological polar surface area (TPSA) is 26.3 Å². The van der Waals surface area contributed by atoms with Gasteiger partial charge in [0.1, 0.15) is 13.2 Å². The van der Waals surface area contributed by atoms with Crippen molar-refractivity contribution >= 4 is 5.97 Å². The van der Waals surface area contributed by atoms with Gasteiger partial charge in [-0.25, -0.2) is 4.79 Å². The summed E-state index contributed by atoms with van der Waals surface area (Å²) in [4.78, 5) is 11.0. The van der Waals surface area contributed by atoms with Gasteiger partial charge in [0.15, 0.2) is 0 Å². The van der Waals surface area contributed by atoms with Crippen molar-refractivity contribution in [3.05, 3.63) is 12.7 Å². The number of rotatable bonds is 13. The van der Waals surface area contributed by atoms with Crippen LogP contribution in [0.1, 0.15) is 58.3 Å². The number of hydrogen-bond donors (Lipinski definition) is 0. The van der Waals surface area contributed by atoms with E-state index in [4.69, 9.17) is 4.74 Å². The Hall–Kier alpha value is -0.350. The van der Waals surface area contributed by atoms with E-state index in [2.05, 4.69) is 27.6 Å². The summed E-state index contributed by atoms with van der Waals surface area (Å²) in [5.41, 5.74) is 0. The molecule has 0 aliphatic heterocycles. The molecule has 3 nitrogen and oxygen atoms in total. The quantitative estimate of drug-likeness (QED) is 0.210. The molecule has 0 fully saturated rings. The maximum Gasteiger partial charge on any atom is 0.330 e. The van der Waals surface area contributed by atoms with E-state index in [0.717, 1.165) is 17.6 Å². The lowest BCUT2D eigenvalue weighted by Gasteiger charge is -2.29. The van der Waals surface area contributed by atoms with Crippen molar-refractivity contribution in [3.8, 4) is 0 Å². The molecule has 0 aromatic carbocycles. The monoisotopic (exact) mass is 363 g/mol. The van der Waals surface area contributed by atoms with Crippen molar-refractivity contribution in [1.82, 2.24) is 0 Å². The van der Waals surface area contributed by atoms with Crippen LogP contribution in [0.2, 0.25) is 0 Å². The molecule has 0 aliphatic carbocycles. The Morgan fingerprint density at radius 2 is 1.52 bits per heavy atom. The van der Waals surface area contributed by atoms with Gasteiger partial charge >= 0.3 is 5.97 Å². The molecule has 0 spiro atoms. The maximum atomic E-state index is 11.0. The minimum atomic E-state index is -0.322. The van der Waals surface area contributed by atoms with Gasteiger partial charge in [0.2, 0.25) is 0 Å². The van der Waals surface area contributed by atoms with Gasteiger partial charge in [0, 0.05) is 6.08 Å². The first kappa shape index (κ1) is 22.9. The smallest absolute Gasteiger partial charge is 0.330 e. The van der Waals surface area contributed by atoms with Crippen LogP contribution < -0.4 is 17.0 Å². The lowest BCUT2D eigenvalue weighted by molar-refractivity contribution is -0.890. The van der Waals surface area contributed by atoms with Gasteiger partial charge in [0.25, 0.3) is 0 Å². The average molecular weight is 364 g/mol. The van der Waals surface area contributed by atoms with Crippen LogP contribution in [0.3, 0.4) is 0 Å². The third kappa shape index (κ3) is 15.9. The van der Waals surface area contributed by atoms with Gasteiger partial charge in [-0.05, 0) is 12.8 Å². The van der Waals surface area contributed by atoms with Crippen molar-refractivity contribution in [1.29, 1.82) is 0 Å². The van der Waals surface area contributed by atoms with Crippen molar-refractivity contribution < 1.29 is 31.0 Å². The number of unbranched alkanes of at least 4 members (excludes halogenated alkanes) is 7. The second-order valence-electron chi connectivity index (χ2n) is 6.23. The fourth-order valence-electron chi connectivity index (χ4n) is 2.24. The Morgan fingerprint density at radius 1 is 1.00 bits per heavy atom. The van der Waals surface area contributed by atoms with E-state index in [1.165, 1.54) is 57.4 Å². The molecule has 0 rings (SSSR count). The van der Waals surface area contributed by atoms with E-state index < -0.39 is 0 Å². The summed E-state index contributed by atoms with van der Waals surface area (Å²) >= 11 is 0. The van der Waals surface area contributed by atoms with Gasteiger partial charge in [0.05, 0.1) is 20.6 Å². The fourth-order valence-corrected chi connectivity index (χ4v) is 2.24. The summed E-state index contributed by atoms with van der Waals surface area (Å²) in [6.07, 6.45) is 12.0. The number of nitrogens with zero attached hydrogens (tertiary/aromatic N) is 1. The second-order valence-corrected chi connectivity index (χ2v) is 6.23. The summed E-state index contributed by atoms with van der Waals surface area (Å²) in [5, 5.41) is 0. The SMILES string of the molecule is C=CC(=O)OCC[N+](C)(C)CCCCCCCCCC.[Br-]. The number of carbonyl (C=O) groups is 1. The van der Waals surface area contributed by atoms with Crippen molar-refractivity contribution in [2.45, 2.75) is 58.3 Å². The number of halogens is 1. The van der Waals surface area contributed by atoms with Crippen LogP contribution in [0.5, 0.6) is 0 Å². The number of quaternary nitrogens is 1. The molecule has 0 aromatic heterocycles. The van der Waals surface area contributed by atoms with Gasteiger partial charge in [-0.15, -0.1) is 0 Å². The lowest BCUT2D eigenvalue weighted by Crippen LogP contribution is -3.00. The molecule has 0 saturated heterocycles. The van der Waals surface area contributed by atoms with Crippen molar-refractivity contribution in [2.24, 2.45) is 0 Å². The van der Waals surface area contributed by atoms with Crippen LogP contribution in [-0.2, 0) is 9.53 Å². The number of hydrogen-bond acceptors (Lipinski definition) is 2. The Morgan fingerprint density at radius 3 is 2.05 bits per heavy atom. The maximum absolute atomic E-state index is 11.0. The molecule has 21 heavy (non-hydrogen) atoms. The minimum Gasteiger partial charge on any atom is -1.00 e. The summed E-state index contributed by atoms with van der Waals surface area (Å²) in [6.45, 7) is 8.15. The third-order valence-corrected chi connectivity index (χ3v) is 3.72. The zero-order valence-corrected chi connectivity index (χ0v) is 15.8. The highest BCUT2D eigenvalue weighted by Gasteiger charge is 2.14. The zero-order valence-electron chi connectivity index (χ0n) is 14.2. The molecule has 0 unspecified atom stereocenters. The van der Waals surface area contributed by atoms with E-state index in [0.29, 0.717) is 6.61 Å². The van der Waals surface area contributed by atoms with Crippen LogP contribution in [0.15, 0.2) is 12.7 Å². The highest BCUT2D eigenvalue weighted by molar-refractivity contribution is 5.81. The first-order valence-electron chi connectivity index (χ1n) is 8.13. The average Bonchev–Trinajstić information content (AvgIpc) is 2.41. The molecular weight excluding hydrogens is 330 g/mol. The summed E-state index contributed by atoms with van der Waals surface area (Å²) in [5.74, 6) is -0.322. The first-order valence-corrected chi connectivity index (χ1v) is 8.13. The summed E-state index contributed by atoms with van der Waals surface area (Å²) in [6, 6.07) is 0. The summed E-state index contributed by atoms with van der Waals surface area (Å²) in [7, 11) is 4.39.